The Balaban J connectivity index is 1.58. The van der Waals surface area contributed by atoms with E-state index in [0.717, 1.165) is 39.8 Å². The number of anilines is 1. The van der Waals surface area contributed by atoms with Crippen molar-refractivity contribution in [2.24, 2.45) is 0 Å². The van der Waals surface area contributed by atoms with Crippen LogP contribution in [0.3, 0.4) is 0 Å². The third-order valence-electron chi connectivity index (χ3n) is 5.26. The fourth-order valence-electron chi connectivity index (χ4n) is 3.67. The molecule has 1 N–H and O–H groups in total. The Kier molecular flexibility index (Phi) is 4.68. The van der Waals surface area contributed by atoms with Gasteiger partial charge >= 0.3 is 0 Å². The molecule has 3 nitrogen and oxygen atoms in total. The molecule has 2 aromatic carbocycles. The number of hydrogen-bond donors (Lipinski definition) is 1. The van der Waals surface area contributed by atoms with Gasteiger partial charge in [0, 0.05) is 28.0 Å². The maximum absolute atomic E-state index is 11.1. The molecule has 134 valence electrons. The Morgan fingerprint density at radius 2 is 1.77 bits per heavy atom. The largest absolute Gasteiger partial charge is 0.385 e. The summed E-state index contributed by atoms with van der Waals surface area (Å²) in [5.74, 6) is 0.954. The van der Waals surface area contributed by atoms with Gasteiger partial charge in [-0.25, -0.2) is 4.98 Å². The van der Waals surface area contributed by atoms with Crippen molar-refractivity contribution in [2.75, 3.05) is 18.0 Å². The third kappa shape index (κ3) is 3.34. The lowest BCUT2D eigenvalue weighted by atomic mass is 9.84. The molecule has 1 aliphatic heterocycles. The highest BCUT2D eigenvalue weighted by molar-refractivity contribution is 9.10. The Morgan fingerprint density at radius 1 is 1.08 bits per heavy atom. The van der Waals surface area contributed by atoms with Crippen LogP contribution in [0.2, 0.25) is 5.02 Å². The van der Waals surface area contributed by atoms with Gasteiger partial charge in [0.1, 0.15) is 5.82 Å². The standard InChI is InChI=1S/C21H20BrClN2O/c1-14-12-20(24-19-13-17(23)6-7-18(14)19)25-10-8-21(26,9-11-25)15-2-4-16(22)5-3-15/h2-7,12-13,26H,8-11H2,1H3. The van der Waals surface area contributed by atoms with Crippen molar-refractivity contribution >= 4 is 44.3 Å². The number of halogens is 2. The van der Waals surface area contributed by atoms with Crippen molar-refractivity contribution in [2.45, 2.75) is 25.4 Å². The second-order valence-corrected chi connectivity index (χ2v) is 8.34. The van der Waals surface area contributed by atoms with E-state index in [1.807, 2.05) is 42.5 Å². The van der Waals surface area contributed by atoms with Crippen LogP contribution in [0.1, 0.15) is 24.0 Å². The van der Waals surface area contributed by atoms with E-state index in [1.165, 1.54) is 5.56 Å². The number of hydrogen-bond acceptors (Lipinski definition) is 3. The molecule has 2 heterocycles. The van der Waals surface area contributed by atoms with Gasteiger partial charge < -0.3 is 10.0 Å². The molecule has 26 heavy (non-hydrogen) atoms. The summed E-state index contributed by atoms with van der Waals surface area (Å²) in [5, 5.41) is 12.9. The summed E-state index contributed by atoms with van der Waals surface area (Å²) < 4.78 is 1.02. The van der Waals surface area contributed by atoms with Gasteiger partial charge in [-0.05, 0) is 61.2 Å². The predicted molar refractivity (Wildman–Crippen MR) is 111 cm³/mol. The minimum absolute atomic E-state index is 0.683. The van der Waals surface area contributed by atoms with Crippen molar-refractivity contribution in [3.63, 3.8) is 0 Å². The molecule has 0 spiro atoms. The van der Waals surface area contributed by atoms with Gasteiger partial charge in [-0.15, -0.1) is 0 Å². The van der Waals surface area contributed by atoms with Gasteiger partial charge in [-0.1, -0.05) is 45.7 Å². The molecule has 0 radical (unpaired) electrons. The van der Waals surface area contributed by atoms with Gasteiger partial charge in [-0.3, -0.25) is 0 Å². The van der Waals surface area contributed by atoms with Crippen molar-refractivity contribution in [3.8, 4) is 0 Å². The third-order valence-corrected chi connectivity index (χ3v) is 6.03. The van der Waals surface area contributed by atoms with Gasteiger partial charge in [-0.2, -0.15) is 0 Å². The van der Waals surface area contributed by atoms with Gasteiger partial charge in [0.15, 0.2) is 0 Å². The number of aliphatic hydroxyl groups is 1. The van der Waals surface area contributed by atoms with Crippen LogP contribution in [0.25, 0.3) is 10.9 Å². The molecule has 0 bridgehead atoms. The SMILES string of the molecule is Cc1cc(N2CCC(O)(c3ccc(Br)cc3)CC2)nc2cc(Cl)ccc12. The zero-order valence-corrected chi connectivity index (χ0v) is 16.9. The molecular weight excluding hydrogens is 412 g/mol. The molecule has 5 heteroatoms. The Morgan fingerprint density at radius 3 is 2.46 bits per heavy atom. The minimum Gasteiger partial charge on any atom is -0.385 e. The summed E-state index contributed by atoms with van der Waals surface area (Å²) in [6.07, 6.45) is 1.37. The quantitative estimate of drug-likeness (QED) is 0.586. The molecule has 0 aliphatic carbocycles. The fraction of sp³-hybridized carbons (Fsp3) is 0.286. The maximum atomic E-state index is 11.1. The van der Waals surface area contributed by atoms with Gasteiger partial charge in [0.05, 0.1) is 11.1 Å². The van der Waals surface area contributed by atoms with Crippen LogP contribution in [0.15, 0.2) is 53.0 Å². The number of piperidine rings is 1. The van der Waals surface area contributed by atoms with E-state index in [4.69, 9.17) is 16.6 Å². The number of aryl methyl sites for hydroxylation is 1. The van der Waals surface area contributed by atoms with Crippen molar-refractivity contribution in [3.05, 3.63) is 69.2 Å². The summed E-state index contributed by atoms with van der Waals surface area (Å²) in [4.78, 5) is 7.06. The molecule has 0 atom stereocenters. The second kappa shape index (κ2) is 6.84. The van der Waals surface area contributed by atoms with Crippen LogP contribution in [0.4, 0.5) is 5.82 Å². The molecule has 0 unspecified atom stereocenters. The molecule has 0 amide bonds. The molecule has 1 aliphatic rings. The first-order chi connectivity index (χ1) is 12.4. The predicted octanol–water partition coefficient (Wildman–Crippen LogP) is 5.45. The summed E-state index contributed by atoms with van der Waals surface area (Å²) in [5.41, 5.74) is 2.32. The Bertz CT molecular complexity index is 950. The minimum atomic E-state index is -0.771. The zero-order chi connectivity index (χ0) is 18.3. The Labute approximate surface area is 166 Å². The average Bonchev–Trinajstić information content (AvgIpc) is 2.62. The number of nitrogens with zero attached hydrogens (tertiary/aromatic N) is 2. The molecule has 0 saturated carbocycles. The topological polar surface area (TPSA) is 36.4 Å². The smallest absolute Gasteiger partial charge is 0.129 e. The first-order valence-corrected chi connectivity index (χ1v) is 9.92. The van der Waals surface area contributed by atoms with Crippen molar-refractivity contribution in [1.29, 1.82) is 0 Å². The van der Waals surface area contributed by atoms with Crippen LogP contribution < -0.4 is 4.90 Å². The molecule has 1 saturated heterocycles. The summed E-state index contributed by atoms with van der Waals surface area (Å²) >= 11 is 9.59. The van der Waals surface area contributed by atoms with Crippen LogP contribution in [0, 0.1) is 6.92 Å². The van der Waals surface area contributed by atoms with Crippen molar-refractivity contribution in [1.82, 2.24) is 4.98 Å². The van der Waals surface area contributed by atoms with E-state index in [0.29, 0.717) is 17.9 Å². The van der Waals surface area contributed by atoms with E-state index < -0.39 is 5.60 Å². The number of fused-ring (bicyclic) bond motifs is 1. The summed E-state index contributed by atoms with van der Waals surface area (Å²) in [6.45, 7) is 3.64. The average molecular weight is 432 g/mol. The first-order valence-electron chi connectivity index (χ1n) is 8.75. The summed E-state index contributed by atoms with van der Waals surface area (Å²) in [6, 6.07) is 15.9. The second-order valence-electron chi connectivity index (χ2n) is 6.98. The van der Waals surface area contributed by atoms with Gasteiger partial charge in [0.2, 0.25) is 0 Å². The monoisotopic (exact) mass is 430 g/mol. The number of pyridine rings is 1. The Hall–Kier alpha value is -1.62. The first kappa shape index (κ1) is 17.8. The van der Waals surface area contributed by atoms with Gasteiger partial charge in [0.25, 0.3) is 0 Å². The zero-order valence-electron chi connectivity index (χ0n) is 14.5. The highest BCUT2D eigenvalue weighted by Gasteiger charge is 2.34. The molecular formula is C21H20BrClN2O. The molecule has 1 aromatic heterocycles. The van der Waals surface area contributed by atoms with Crippen LogP contribution in [-0.2, 0) is 5.60 Å². The van der Waals surface area contributed by atoms with E-state index in [9.17, 15) is 5.11 Å². The summed E-state index contributed by atoms with van der Waals surface area (Å²) in [7, 11) is 0. The van der Waals surface area contributed by atoms with Crippen molar-refractivity contribution < 1.29 is 5.11 Å². The van der Waals surface area contributed by atoms with Crippen LogP contribution >= 0.6 is 27.5 Å². The molecule has 4 rings (SSSR count). The van der Waals surface area contributed by atoms with Crippen LogP contribution in [-0.4, -0.2) is 23.2 Å². The van der Waals surface area contributed by atoms with E-state index in [-0.39, 0.29) is 0 Å². The number of rotatable bonds is 2. The van der Waals surface area contributed by atoms with E-state index >= 15 is 0 Å². The molecule has 1 fully saturated rings. The van der Waals surface area contributed by atoms with Crippen LogP contribution in [0.5, 0.6) is 0 Å². The fourth-order valence-corrected chi connectivity index (χ4v) is 4.11. The number of aromatic nitrogens is 1. The highest BCUT2D eigenvalue weighted by Crippen LogP contribution is 2.35. The van der Waals surface area contributed by atoms with E-state index in [2.05, 4.69) is 33.8 Å². The highest BCUT2D eigenvalue weighted by atomic mass is 79.9. The lowest BCUT2D eigenvalue weighted by Gasteiger charge is -2.39. The lowest BCUT2D eigenvalue weighted by molar-refractivity contribution is 0.0116. The maximum Gasteiger partial charge on any atom is 0.129 e. The number of benzene rings is 2. The lowest BCUT2D eigenvalue weighted by Crippen LogP contribution is -2.43. The normalized spacial score (nSPS) is 16.8. The molecule has 3 aromatic rings. The van der Waals surface area contributed by atoms with E-state index in [1.54, 1.807) is 0 Å².